The van der Waals surface area contributed by atoms with E-state index in [-0.39, 0.29) is 12.8 Å². The van der Waals surface area contributed by atoms with Crippen LogP contribution in [0.3, 0.4) is 0 Å². The van der Waals surface area contributed by atoms with Crippen LogP contribution >= 0.6 is 0 Å². The van der Waals surface area contributed by atoms with Crippen molar-refractivity contribution in [3.8, 4) is 0 Å². The molecule has 0 spiro atoms. The topological polar surface area (TPSA) is 98.7 Å². The Morgan fingerprint density at radius 3 is 1.12 bits per heavy atom. The largest absolute Gasteiger partial charge is 0.550 e. The minimum absolute atomic E-state index is 0.232. The number of allylic oxidation sites excluding steroid dienone is 4. The fourth-order valence-corrected chi connectivity index (χ4v) is 7.37. The van der Waals surface area contributed by atoms with Gasteiger partial charge in [-0.1, -0.05) is 117 Å². The first-order chi connectivity index (χ1) is 20.0. The molecule has 2 unspecified atom stereocenters. The normalized spacial score (nSPS) is 16.3. The number of hydrogen-bond donors (Lipinski definition) is 0. The maximum absolute atomic E-state index is 10.1. The predicted molar refractivity (Wildman–Crippen MR) is 166 cm³/mol. The van der Waals surface area contributed by atoms with Crippen LogP contribution in [0.5, 0.6) is 0 Å². The van der Waals surface area contributed by atoms with Gasteiger partial charge in [-0.3, -0.25) is 0 Å². The van der Waals surface area contributed by atoms with Gasteiger partial charge in [-0.05, 0) is 25.7 Å². The van der Waals surface area contributed by atoms with E-state index in [1.807, 2.05) is 24.3 Å². The first-order valence-electron chi connectivity index (χ1n) is 16.1. The molecule has 2 heterocycles. The van der Waals surface area contributed by atoms with E-state index in [0.29, 0.717) is 8.24 Å². The van der Waals surface area contributed by atoms with Gasteiger partial charge in [-0.25, -0.2) is 0 Å². The van der Waals surface area contributed by atoms with Gasteiger partial charge in [0.05, 0.1) is 0 Å². The van der Waals surface area contributed by atoms with Crippen LogP contribution < -0.4 is 10.2 Å². The first-order valence-corrected chi connectivity index (χ1v) is 19.4. The molecule has 6 nitrogen and oxygen atoms in total. The summed E-state index contributed by atoms with van der Waals surface area (Å²) in [6.07, 6.45) is 38.0. The predicted octanol–water partition coefficient (Wildman–Crippen LogP) is 6.86. The molecule has 0 aliphatic carbocycles. The Bertz CT molecular complexity index is 671. The summed E-state index contributed by atoms with van der Waals surface area (Å²) in [5.74, 6) is -1.82. The van der Waals surface area contributed by atoms with Crippen molar-refractivity contribution in [2.45, 2.75) is 151 Å². The third-order valence-electron chi connectivity index (χ3n) is 6.70. The molecule has 0 aromatic rings. The molecule has 2 atom stereocenters. The molecule has 2 aliphatic heterocycles. The fourth-order valence-electron chi connectivity index (χ4n) is 4.28. The van der Waals surface area contributed by atoms with Crippen molar-refractivity contribution < 1.29 is 29.3 Å². The number of carbonyl (C=O) groups excluding carboxylic acids is 2. The standard InChI is InChI=1S/2C12H24O2.2C5H5O.Sn/c2*1-2-3-4-5-6-7-8-9-10-11-12(13)14;2*1-2-4-6-5-3-1;/h2*2-11H2,1H3,(H,13,14);2*1-5H;/q;;;;+2/p-2. The Hall–Kier alpha value is -1.70. The second kappa shape index (κ2) is 31.2. The van der Waals surface area contributed by atoms with Crippen LogP contribution in [0, 0.1) is 0 Å². The van der Waals surface area contributed by atoms with E-state index in [0.717, 1.165) is 25.7 Å². The zero-order chi connectivity index (χ0) is 30.2. The molecule has 0 saturated carbocycles. The molecule has 2 rings (SSSR count). The van der Waals surface area contributed by atoms with Crippen molar-refractivity contribution in [1.82, 2.24) is 0 Å². The second-order valence-corrected chi connectivity index (χ2v) is 14.8. The van der Waals surface area contributed by atoms with E-state index >= 15 is 0 Å². The fraction of sp³-hybridized carbons (Fsp3) is 0.706. The average molecular weight is 680 g/mol. The molecule has 232 valence electrons. The Balaban J connectivity index is 0.000000585. The summed E-state index contributed by atoms with van der Waals surface area (Å²) >= 11 is -0.684. The van der Waals surface area contributed by atoms with Crippen molar-refractivity contribution in [3.05, 3.63) is 49.0 Å². The quantitative estimate of drug-likeness (QED) is 0.0917. The first kappa shape index (κ1) is 39.3. The van der Waals surface area contributed by atoms with Crippen LogP contribution in [0.1, 0.15) is 142 Å². The average Bonchev–Trinajstić information content (AvgIpc) is 2.97. The number of hydrogen-bond acceptors (Lipinski definition) is 6. The van der Waals surface area contributed by atoms with E-state index in [1.165, 1.54) is 89.9 Å². The van der Waals surface area contributed by atoms with Gasteiger partial charge in [0.25, 0.3) is 0 Å². The van der Waals surface area contributed by atoms with Gasteiger partial charge in [0.2, 0.25) is 0 Å². The summed E-state index contributed by atoms with van der Waals surface area (Å²) < 4.78 is 11.5. The van der Waals surface area contributed by atoms with E-state index in [9.17, 15) is 19.8 Å². The number of aliphatic carboxylic acids is 2. The van der Waals surface area contributed by atoms with Crippen LogP contribution in [-0.2, 0) is 19.1 Å². The molecule has 2 aliphatic rings. The third-order valence-corrected chi connectivity index (χ3v) is 10.4. The summed E-state index contributed by atoms with van der Waals surface area (Å²) in [6, 6.07) is 0. The SMILES string of the molecule is C1=CO[CH]([Sn+2][CH]2C=CC=CO2)C=C1.CCCCCCCCCCCC(=O)[O-].CCCCCCCCCCCC(=O)[O-]. The van der Waals surface area contributed by atoms with Crippen molar-refractivity contribution in [2.75, 3.05) is 0 Å². The van der Waals surface area contributed by atoms with Gasteiger partial charge < -0.3 is 19.8 Å². The molecule has 0 saturated heterocycles. The summed E-state index contributed by atoms with van der Waals surface area (Å²) in [5, 5.41) is 20.2. The van der Waals surface area contributed by atoms with Crippen LogP contribution in [0.15, 0.2) is 49.0 Å². The number of carbonyl (C=O) groups is 2. The van der Waals surface area contributed by atoms with Crippen molar-refractivity contribution in [3.63, 3.8) is 0 Å². The molecular formula is C34H56O6Sn. The van der Waals surface area contributed by atoms with E-state index in [4.69, 9.17) is 9.47 Å². The van der Waals surface area contributed by atoms with Gasteiger partial charge in [-0.15, -0.1) is 0 Å². The summed E-state index contributed by atoms with van der Waals surface area (Å²) in [6.45, 7) is 4.44. The van der Waals surface area contributed by atoms with Gasteiger partial charge in [-0.2, -0.15) is 0 Å². The Labute approximate surface area is 261 Å². The van der Waals surface area contributed by atoms with E-state index in [1.54, 1.807) is 12.5 Å². The van der Waals surface area contributed by atoms with Crippen LogP contribution in [0.4, 0.5) is 0 Å². The number of carboxylic acid groups (broad SMARTS) is 2. The number of rotatable bonds is 22. The van der Waals surface area contributed by atoms with Crippen molar-refractivity contribution in [2.24, 2.45) is 0 Å². The molecule has 0 aromatic heterocycles. The molecule has 0 fully saturated rings. The van der Waals surface area contributed by atoms with Crippen LogP contribution in [-0.4, -0.2) is 41.3 Å². The number of unbranched alkanes of at least 4 members (excludes halogenated alkanes) is 16. The Morgan fingerprint density at radius 1 is 0.537 bits per heavy atom. The molecule has 41 heavy (non-hydrogen) atoms. The maximum Gasteiger partial charge on any atom is 0.0414 e. The summed E-state index contributed by atoms with van der Waals surface area (Å²) in [4.78, 5) is 20.2. The minimum atomic E-state index is -0.909. The molecule has 0 amide bonds. The maximum atomic E-state index is 10.1. The van der Waals surface area contributed by atoms with Gasteiger partial charge >= 0.3 is 87.8 Å². The minimum Gasteiger partial charge on any atom is -0.550 e. The third kappa shape index (κ3) is 31.1. The zero-order valence-electron chi connectivity index (χ0n) is 25.9. The second-order valence-electron chi connectivity index (χ2n) is 10.6. The van der Waals surface area contributed by atoms with E-state index < -0.39 is 33.1 Å². The smallest absolute Gasteiger partial charge is 0.0414 e. The Morgan fingerprint density at radius 2 is 0.854 bits per heavy atom. The molecule has 0 radical (unpaired) electrons. The zero-order valence-corrected chi connectivity index (χ0v) is 28.7. The van der Waals surface area contributed by atoms with Gasteiger partial charge in [0, 0.05) is 11.9 Å². The molecule has 0 aromatic carbocycles. The summed E-state index contributed by atoms with van der Waals surface area (Å²) in [7, 11) is 0. The molecule has 0 bridgehead atoms. The van der Waals surface area contributed by atoms with Crippen molar-refractivity contribution in [1.29, 1.82) is 0 Å². The molecule has 7 heteroatoms. The van der Waals surface area contributed by atoms with Crippen LogP contribution in [0.2, 0.25) is 0 Å². The van der Waals surface area contributed by atoms with Gasteiger partial charge in [0.15, 0.2) is 0 Å². The van der Waals surface area contributed by atoms with Crippen molar-refractivity contribution >= 4 is 33.1 Å². The van der Waals surface area contributed by atoms with Gasteiger partial charge in [0.1, 0.15) is 0 Å². The number of ether oxygens (including phenoxy) is 2. The molecule has 0 N–H and O–H groups in total. The monoisotopic (exact) mass is 680 g/mol. The van der Waals surface area contributed by atoms with E-state index in [2.05, 4.69) is 26.0 Å². The Kier molecular flexibility index (Phi) is 29.9. The molecular weight excluding hydrogens is 623 g/mol. The number of carboxylic acids is 2. The summed E-state index contributed by atoms with van der Waals surface area (Å²) in [5.41, 5.74) is 0. The van der Waals surface area contributed by atoms with Crippen LogP contribution in [0.25, 0.3) is 0 Å².